The molecule has 1 N–H and O–H groups in total. The number of fused-ring (bicyclic) bond motifs is 2. The fourth-order valence-corrected chi connectivity index (χ4v) is 4.82. The predicted octanol–water partition coefficient (Wildman–Crippen LogP) is 3.77. The number of rotatable bonds is 2. The standard InChI is InChI=1S/C20H23N3O2S/c1-11-6-4-8-15(13(11)3)21-18(24)16-10-14-19(26-16)22-17-12(2)7-5-9-23(17)20(14)25/h5,7,9-11,13,15H,4,6,8H2,1-3H3,(H,21,24)/t11-,13-,15-/m0/s1. The van der Waals surface area contributed by atoms with Gasteiger partial charge in [-0.15, -0.1) is 11.3 Å². The molecule has 1 saturated carbocycles. The molecule has 1 aliphatic carbocycles. The Hall–Kier alpha value is -2.21. The molecule has 1 aliphatic rings. The average molecular weight is 369 g/mol. The first-order valence-corrected chi connectivity index (χ1v) is 9.99. The lowest BCUT2D eigenvalue weighted by Gasteiger charge is -2.34. The zero-order valence-electron chi connectivity index (χ0n) is 15.3. The third-order valence-electron chi connectivity index (χ3n) is 5.78. The van der Waals surface area contributed by atoms with E-state index < -0.39 is 0 Å². The molecule has 6 heteroatoms. The van der Waals surface area contributed by atoms with E-state index in [2.05, 4.69) is 24.1 Å². The van der Waals surface area contributed by atoms with Gasteiger partial charge in [-0.05, 0) is 42.9 Å². The van der Waals surface area contributed by atoms with Crippen molar-refractivity contribution in [3.8, 4) is 0 Å². The number of carbonyl (C=O) groups is 1. The van der Waals surface area contributed by atoms with Gasteiger partial charge >= 0.3 is 0 Å². The van der Waals surface area contributed by atoms with Crippen molar-refractivity contribution in [1.82, 2.24) is 14.7 Å². The summed E-state index contributed by atoms with van der Waals surface area (Å²) < 4.78 is 1.55. The van der Waals surface area contributed by atoms with Gasteiger partial charge in [0.1, 0.15) is 10.5 Å². The van der Waals surface area contributed by atoms with E-state index in [1.54, 1.807) is 16.7 Å². The van der Waals surface area contributed by atoms with Crippen LogP contribution < -0.4 is 10.9 Å². The molecular weight excluding hydrogens is 346 g/mol. The Morgan fingerprint density at radius 2 is 2.15 bits per heavy atom. The van der Waals surface area contributed by atoms with Crippen molar-refractivity contribution in [1.29, 1.82) is 0 Å². The highest BCUT2D eigenvalue weighted by molar-refractivity contribution is 7.20. The lowest BCUT2D eigenvalue weighted by molar-refractivity contribution is 0.0895. The van der Waals surface area contributed by atoms with Crippen molar-refractivity contribution in [2.45, 2.75) is 46.1 Å². The molecule has 3 atom stereocenters. The smallest absolute Gasteiger partial charge is 0.266 e. The van der Waals surface area contributed by atoms with Crippen LogP contribution in [0, 0.1) is 18.8 Å². The largest absolute Gasteiger partial charge is 0.348 e. The van der Waals surface area contributed by atoms with Crippen LogP contribution in [0.15, 0.2) is 29.2 Å². The average Bonchev–Trinajstić information content (AvgIpc) is 3.05. The quantitative estimate of drug-likeness (QED) is 0.748. The molecule has 0 spiro atoms. The molecule has 136 valence electrons. The summed E-state index contributed by atoms with van der Waals surface area (Å²) in [5, 5.41) is 3.69. The van der Waals surface area contributed by atoms with Crippen LogP contribution in [-0.4, -0.2) is 21.3 Å². The number of nitrogens with zero attached hydrogens (tertiary/aromatic N) is 2. The Morgan fingerprint density at radius 3 is 2.96 bits per heavy atom. The highest BCUT2D eigenvalue weighted by Crippen LogP contribution is 2.30. The van der Waals surface area contributed by atoms with Gasteiger partial charge in [-0.2, -0.15) is 0 Å². The summed E-state index contributed by atoms with van der Waals surface area (Å²) in [5.74, 6) is 0.997. The number of amides is 1. The zero-order valence-corrected chi connectivity index (χ0v) is 16.1. The Labute approximate surface area is 156 Å². The first-order chi connectivity index (χ1) is 12.5. The number of pyridine rings is 1. The first kappa shape index (κ1) is 17.2. The van der Waals surface area contributed by atoms with E-state index in [1.807, 2.05) is 19.1 Å². The van der Waals surface area contributed by atoms with E-state index in [9.17, 15) is 9.59 Å². The molecule has 0 bridgehead atoms. The topological polar surface area (TPSA) is 63.5 Å². The Kier molecular flexibility index (Phi) is 4.31. The minimum Gasteiger partial charge on any atom is -0.348 e. The van der Waals surface area contributed by atoms with Crippen LogP contribution in [0.2, 0.25) is 0 Å². The maximum Gasteiger partial charge on any atom is 0.266 e. The van der Waals surface area contributed by atoms with Crippen LogP contribution in [0.3, 0.4) is 0 Å². The molecule has 3 heterocycles. The van der Waals surface area contributed by atoms with E-state index in [1.165, 1.54) is 17.8 Å². The SMILES string of the molecule is Cc1cccn2c(=O)c3cc(C(=O)N[C@H]4CCC[C@H](C)[C@@H]4C)sc3nc12. The van der Waals surface area contributed by atoms with Crippen LogP contribution in [-0.2, 0) is 0 Å². The second-order valence-electron chi connectivity index (χ2n) is 7.48. The molecule has 3 aromatic rings. The normalized spacial score (nSPS) is 23.4. The van der Waals surface area contributed by atoms with Crippen molar-refractivity contribution in [2.75, 3.05) is 0 Å². The van der Waals surface area contributed by atoms with Gasteiger partial charge in [0.2, 0.25) is 0 Å². The number of thiophene rings is 1. The summed E-state index contributed by atoms with van der Waals surface area (Å²) in [4.78, 5) is 31.3. The fraction of sp³-hybridized carbons (Fsp3) is 0.450. The number of carbonyl (C=O) groups excluding carboxylic acids is 1. The molecule has 0 radical (unpaired) electrons. The molecule has 1 fully saturated rings. The molecule has 26 heavy (non-hydrogen) atoms. The Balaban J connectivity index is 1.70. The minimum absolute atomic E-state index is 0.0934. The number of aryl methyl sites for hydroxylation is 1. The fourth-order valence-electron chi connectivity index (χ4n) is 3.90. The predicted molar refractivity (Wildman–Crippen MR) is 105 cm³/mol. The number of hydrogen-bond donors (Lipinski definition) is 1. The summed E-state index contributed by atoms with van der Waals surface area (Å²) in [6.45, 7) is 6.39. The molecular formula is C20H23N3O2S. The van der Waals surface area contributed by atoms with Gasteiger partial charge in [-0.3, -0.25) is 14.0 Å². The van der Waals surface area contributed by atoms with E-state index in [0.717, 1.165) is 18.4 Å². The second kappa shape index (κ2) is 6.50. The molecule has 5 nitrogen and oxygen atoms in total. The summed E-state index contributed by atoms with van der Waals surface area (Å²) in [7, 11) is 0. The number of aromatic nitrogens is 2. The zero-order chi connectivity index (χ0) is 18.4. The van der Waals surface area contributed by atoms with E-state index in [0.29, 0.717) is 32.6 Å². The molecule has 0 unspecified atom stereocenters. The summed E-state index contributed by atoms with van der Waals surface area (Å²) in [6, 6.07) is 5.66. The van der Waals surface area contributed by atoms with Crippen LogP contribution in [0.5, 0.6) is 0 Å². The summed E-state index contributed by atoms with van der Waals surface area (Å²) >= 11 is 1.30. The van der Waals surface area contributed by atoms with Crippen molar-refractivity contribution >= 4 is 33.1 Å². The highest BCUT2D eigenvalue weighted by atomic mass is 32.1. The monoisotopic (exact) mass is 369 g/mol. The molecule has 0 saturated heterocycles. The second-order valence-corrected chi connectivity index (χ2v) is 8.51. The van der Waals surface area contributed by atoms with E-state index in [-0.39, 0.29) is 17.5 Å². The van der Waals surface area contributed by atoms with Gasteiger partial charge in [0, 0.05) is 12.2 Å². The summed E-state index contributed by atoms with van der Waals surface area (Å²) in [6.07, 6.45) is 5.12. The van der Waals surface area contributed by atoms with Crippen LogP contribution in [0.4, 0.5) is 0 Å². The van der Waals surface area contributed by atoms with E-state index >= 15 is 0 Å². The molecule has 0 aromatic carbocycles. The van der Waals surface area contributed by atoms with Crippen molar-refractivity contribution in [3.63, 3.8) is 0 Å². The van der Waals surface area contributed by atoms with Crippen molar-refractivity contribution < 1.29 is 4.79 Å². The lowest BCUT2D eigenvalue weighted by atomic mass is 9.78. The minimum atomic E-state index is -0.122. The molecule has 0 aliphatic heterocycles. The third kappa shape index (κ3) is 2.82. The van der Waals surface area contributed by atoms with Gasteiger partial charge in [0.05, 0.1) is 10.3 Å². The summed E-state index contributed by atoms with van der Waals surface area (Å²) in [5.41, 5.74) is 1.47. The van der Waals surface area contributed by atoms with Gasteiger partial charge in [-0.1, -0.05) is 32.8 Å². The van der Waals surface area contributed by atoms with E-state index in [4.69, 9.17) is 0 Å². The van der Waals surface area contributed by atoms with Gasteiger partial charge in [-0.25, -0.2) is 4.98 Å². The van der Waals surface area contributed by atoms with Gasteiger partial charge in [0.25, 0.3) is 11.5 Å². The van der Waals surface area contributed by atoms with Crippen LogP contribution >= 0.6 is 11.3 Å². The first-order valence-electron chi connectivity index (χ1n) is 9.18. The molecule has 1 amide bonds. The number of hydrogen-bond acceptors (Lipinski definition) is 4. The maximum absolute atomic E-state index is 12.8. The lowest BCUT2D eigenvalue weighted by Crippen LogP contribution is -2.43. The Bertz CT molecular complexity index is 1050. The molecule has 4 rings (SSSR count). The highest BCUT2D eigenvalue weighted by Gasteiger charge is 2.29. The van der Waals surface area contributed by atoms with Crippen LogP contribution in [0.1, 0.15) is 48.3 Å². The third-order valence-corrected chi connectivity index (χ3v) is 6.81. The number of nitrogens with one attached hydrogen (secondary N) is 1. The van der Waals surface area contributed by atoms with Crippen LogP contribution in [0.25, 0.3) is 15.9 Å². The Morgan fingerprint density at radius 1 is 1.35 bits per heavy atom. The van der Waals surface area contributed by atoms with Crippen molar-refractivity contribution in [3.05, 3.63) is 45.2 Å². The van der Waals surface area contributed by atoms with Gasteiger partial charge < -0.3 is 5.32 Å². The molecule has 3 aromatic heterocycles. The maximum atomic E-state index is 12.8. The van der Waals surface area contributed by atoms with Crippen molar-refractivity contribution in [2.24, 2.45) is 11.8 Å². The van der Waals surface area contributed by atoms with Gasteiger partial charge in [0.15, 0.2) is 0 Å².